The Morgan fingerprint density at radius 2 is 1.79 bits per heavy atom. The molecule has 1 N–H and O–H groups in total. The summed E-state index contributed by atoms with van der Waals surface area (Å²) in [5, 5.41) is 9.45. The summed E-state index contributed by atoms with van der Waals surface area (Å²) < 4.78 is 19.5. The van der Waals surface area contributed by atoms with Gasteiger partial charge >= 0.3 is 6.09 Å². The normalized spacial score (nSPS) is 20.5. The van der Waals surface area contributed by atoms with Gasteiger partial charge in [0.1, 0.15) is 24.2 Å². The summed E-state index contributed by atoms with van der Waals surface area (Å²) in [5.41, 5.74) is 1.63. The zero-order valence-corrected chi connectivity index (χ0v) is 16.8. The highest BCUT2D eigenvalue weighted by molar-refractivity contribution is 5.92. The number of aromatic nitrogens is 1. The largest absolute Gasteiger partial charge is 0.465 e. The molecule has 1 aliphatic heterocycles. The fraction of sp³-hybridized carbons (Fsp3) is 0.381. The number of pyridine rings is 1. The summed E-state index contributed by atoms with van der Waals surface area (Å²) in [5.74, 6) is -0.173. The van der Waals surface area contributed by atoms with E-state index in [-0.39, 0.29) is 5.91 Å². The quantitative estimate of drug-likeness (QED) is 0.847. The van der Waals surface area contributed by atoms with E-state index in [0.29, 0.717) is 11.3 Å². The molecular formula is C21H24FN3O4. The van der Waals surface area contributed by atoms with Crippen molar-refractivity contribution in [2.24, 2.45) is 0 Å². The number of carbonyl (C=O) groups is 2. The summed E-state index contributed by atoms with van der Waals surface area (Å²) in [4.78, 5) is 30.2. The average molecular weight is 401 g/mol. The molecule has 0 aliphatic carbocycles. The van der Waals surface area contributed by atoms with Crippen LogP contribution in [0, 0.1) is 0 Å². The van der Waals surface area contributed by atoms with Crippen molar-refractivity contribution in [3.63, 3.8) is 0 Å². The maximum absolute atomic E-state index is 13.7. The molecule has 2 aromatic rings. The predicted molar refractivity (Wildman–Crippen MR) is 105 cm³/mol. The van der Waals surface area contributed by atoms with Crippen molar-refractivity contribution in [1.29, 1.82) is 0 Å². The van der Waals surface area contributed by atoms with Crippen molar-refractivity contribution in [1.82, 2.24) is 14.8 Å². The molecule has 2 atom stereocenters. The molecule has 0 unspecified atom stereocenters. The molecule has 1 aromatic heterocycles. The van der Waals surface area contributed by atoms with Crippen molar-refractivity contribution in [2.75, 3.05) is 20.8 Å². The molecule has 2 heterocycles. The molecule has 7 nitrogen and oxygen atoms in total. The Labute approximate surface area is 168 Å². The number of carboxylic acid groups (broad SMARTS) is 1. The van der Waals surface area contributed by atoms with Crippen LogP contribution < -0.4 is 0 Å². The lowest BCUT2D eigenvalue weighted by atomic mass is 9.99. The third-order valence-corrected chi connectivity index (χ3v) is 5.00. The van der Waals surface area contributed by atoms with Gasteiger partial charge in [0.2, 0.25) is 0 Å². The first-order chi connectivity index (χ1) is 13.7. The van der Waals surface area contributed by atoms with Gasteiger partial charge in [0.05, 0.1) is 6.04 Å². The monoisotopic (exact) mass is 401 g/mol. The van der Waals surface area contributed by atoms with Crippen LogP contribution in [0.3, 0.4) is 0 Å². The van der Waals surface area contributed by atoms with Gasteiger partial charge in [0.25, 0.3) is 5.91 Å². The van der Waals surface area contributed by atoms with Gasteiger partial charge in [-0.3, -0.25) is 14.7 Å². The highest BCUT2D eigenvalue weighted by Gasteiger charge is 2.50. The number of nitrogens with zero attached hydrogens (tertiary/aromatic N) is 3. The van der Waals surface area contributed by atoms with E-state index in [1.807, 2.05) is 18.2 Å². The van der Waals surface area contributed by atoms with E-state index in [0.717, 1.165) is 16.0 Å². The number of carbonyl (C=O) groups excluding carboxylic acids is 1. The smallest absolute Gasteiger partial charge is 0.410 e. The van der Waals surface area contributed by atoms with Crippen LogP contribution in [0.1, 0.15) is 36.0 Å². The highest BCUT2D eigenvalue weighted by Crippen LogP contribution is 2.41. The lowest BCUT2D eigenvalue weighted by Gasteiger charge is -2.29. The van der Waals surface area contributed by atoms with Gasteiger partial charge < -0.3 is 14.7 Å². The molecule has 1 saturated heterocycles. The lowest BCUT2D eigenvalue weighted by Crippen LogP contribution is -2.48. The van der Waals surface area contributed by atoms with Crippen LogP contribution >= 0.6 is 0 Å². The van der Waals surface area contributed by atoms with Crippen LogP contribution in [0.25, 0.3) is 11.1 Å². The first-order valence-corrected chi connectivity index (χ1v) is 9.20. The molecule has 3 rings (SSSR count). The zero-order chi connectivity index (χ0) is 21.3. The van der Waals surface area contributed by atoms with E-state index in [9.17, 15) is 19.1 Å². The van der Waals surface area contributed by atoms with Crippen molar-refractivity contribution < 1.29 is 23.8 Å². The average Bonchev–Trinajstić information content (AvgIpc) is 2.98. The van der Waals surface area contributed by atoms with E-state index >= 15 is 0 Å². The fourth-order valence-corrected chi connectivity index (χ4v) is 3.58. The van der Waals surface area contributed by atoms with Gasteiger partial charge in [0.15, 0.2) is 0 Å². The molecule has 0 spiro atoms. The van der Waals surface area contributed by atoms with E-state index < -0.39 is 30.6 Å². The summed E-state index contributed by atoms with van der Waals surface area (Å²) in [6.07, 6.45) is -0.286. The van der Waals surface area contributed by atoms with Crippen molar-refractivity contribution >= 4 is 12.0 Å². The number of halogens is 1. The number of hydrogen-bond acceptors (Lipinski definition) is 4. The first-order valence-electron chi connectivity index (χ1n) is 9.20. The van der Waals surface area contributed by atoms with Crippen molar-refractivity contribution in [3.05, 3.63) is 53.9 Å². The minimum atomic E-state index is -1.21. The third-order valence-electron chi connectivity index (χ3n) is 5.00. The standard InChI is InChI=1S/C21H24FN3O4/c1-21(2)25(20(27)28)17(11-22)18(29-21)14-7-5-13(6-8-14)15-9-10-16(23-12-15)19(26)24(3)4/h5-10,12,17-18H,11H2,1-4H3,(H,27,28)/t17-,18-/m1/s1. The van der Waals surface area contributed by atoms with Crippen LogP contribution in [-0.2, 0) is 4.74 Å². The second kappa shape index (κ2) is 7.79. The first kappa shape index (κ1) is 20.7. The maximum Gasteiger partial charge on any atom is 0.410 e. The Morgan fingerprint density at radius 3 is 2.28 bits per heavy atom. The second-order valence-corrected chi connectivity index (χ2v) is 7.61. The minimum absolute atomic E-state index is 0.173. The zero-order valence-electron chi connectivity index (χ0n) is 16.8. The molecular weight excluding hydrogens is 377 g/mol. The summed E-state index contributed by atoms with van der Waals surface area (Å²) in [6.45, 7) is 2.38. The van der Waals surface area contributed by atoms with Crippen LogP contribution in [0.5, 0.6) is 0 Å². The Kier molecular flexibility index (Phi) is 5.57. The predicted octanol–water partition coefficient (Wildman–Crippen LogP) is 3.58. The van der Waals surface area contributed by atoms with Crippen molar-refractivity contribution in [3.8, 4) is 11.1 Å². The summed E-state index contributed by atoms with van der Waals surface area (Å²) in [6, 6.07) is 9.84. The molecule has 2 amide bonds. The molecule has 1 aliphatic rings. The third kappa shape index (κ3) is 3.93. The van der Waals surface area contributed by atoms with Crippen LogP contribution in [0.15, 0.2) is 42.6 Å². The SMILES string of the molecule is CN(C)C(=O)c1ccc(-c2ccc([C@H]3OC(C)(C)N(C(=O)O)[C@@H]3CF)cc2)cn1. The lowest BCUT2D eigenvalue weighted by molar-refractivity contribution is -0.0674. The molecule has 154 valence electrons. The number of rotatable bonds is 4. The van der Waals surface area contributed by atoms with Gasteiger partial charge in [-0.2, -0.15) is 0 Å². The summed E-state index contributed by atoms with van der Waals surface area (Å²) in [7, 11) is 3.33. The number of ether oxygens (including phenoxy) is 1. The molecule has 8 heteroatoms. The van der Waals surface area contributed by atoms with Crippen LogP contribution in [-0.4, -0.2) is 64.4 Å². The van der Waals surface area contributed by atoms with Gasteiger partial charge in [-0.1, -0.05) is 30.3 Å². The molecule has 29 heavy (non-hydrogen) atoms. The minimum Gasteiger partial charge on any atom is -0.465 e. The molecule has 0 bridgehead atoms. The number of hydrogen-bond donors (Lipinski definition) is 1. The van der Waals surface area contributed by atoms with E-state index in [2.05, 4.69) is 4.98 Å². The number of amides is 2. The van der Waals surface area contributed by atoms with Crippen LogP contribution in [0.2, 0.25) is 0 Å². The fourth-order valence-electron chi connectivity index (χ4n) is 3.58. The molecule has 1 fully saturated rings. The molecule has 0 saturated carbocycles. The molecule has 0 radical (unpaired) electrons. The van der Waals surface area contributed by atoms with E-state index in [1.165, 1.54) is 4.90 Å². The number of benzene rings is 1. The van der Waals surface area contributed by atoms with E-state index in [4.69, 9.17) is 4.74 Å². The Balaban J connectivity index is 1.83. The summed E-state index contributed by atoms with van der Waals surface area (Å²) >= 11 is 0. The maximum atomic E-state index is 13.7. The molecule has 1 aromatic carbocycles. The Hall–Kier alpha value is -3.00. The van der Waals surface area contributed by atoms with Gasteiger partial charge in [0, 0.05) is 25.9 Å². The Bertz CT molecular complexity index is 897. The van der Waals surface area contributed by atoms with Gasteiger partial charge in [-0.05, 0) is 31.0 Å². The number of alkyl halides is 1. The topological polar surface area (TPSA) is 83.0 Å². The van der Waals surface area contributed by atoms with Gasteiger partial charge in [-0.25, -0.2) is 9.18 Å². The second-order valence-electron chi connectivity index (χ2n) is 7.61. The van der Waals surface area contributed by atoms with Gasteiger partial charge in [-0.15, -0.1) is 0 Å². The highest BCUT2D eigenvalue weighted by atomic mass is 19.1. The van der Waals surface area contributed by atoms with Crippen molar-refractivity contribution in [2.45, 2.75) is 31.7 Å². The van der Waals surface area contributed by atoms with E-state index in [1.54, 1.807) is 52.3 Å². The van der Waals surface area contributed by atoms with Crippen LogP contribution in [0.4, 0.5) is 9.18 Å². The Morgan fingerprint density at radius 1 is 1.17 bits per heavy atom.